The lowest BCUT2D eigenvalue weighted by Gasteiger charge is -2.35. The monoisotopic (exact) mass is 460 g/mol. The molecule has 2 aromatic carbocycles. The number of thiazole rings is 1. The maximum atomic E-state index is 13.1. The van der Waals surface area contributed by atoms with E-state index in [1.807, 2.05) is 29.6 Å². The number of urea groups is 1. The summed E-state index contributed by atoms with van der Waals surface area (Å²) in [6.45, 7) is 2.63. The van der Waals surface area contributed by atoms with Gasteiger partial charge >= 0.3 is 6.03 Å². The Hall–Kier alpha value is -2.45. The lowest BCUT2D eigenvalue weighted by Crippen LogP contribution is -2.50. The molecule has 0 bridgehead atoms. The fourth-order valence-electron chi connectivity index (χ4n) is 3.10. The van der Waals surface area contributed by atoms with Crippen LogP contribution in [-0.4, -0.2) is 42.1 Å². The molecule has 0 unspecified atom stereocenters. The zero-order valence-electron chi connectivity index (χ0n) is 14.9. The second kappa shape index (κ2) is 8.28. The molecule has 4 rings (SSSR count). The maximum absolute atomic E-state index is 13.1. The van der Waals surface area contributed by atoms with Crippen LogP contribution in [0.25, 0.3) is 11.3 Å². The number of benzene rings is 2. The van der Waals surface area contributed by atoms with Crippen molar-refractivity contribution in [1.29, 1.82) is 0 Å². The van der Waals surface area contributed by atoms with Gasteiger partial charge in [-0.15, -0.1) is 11.3 Å². The van der Waals surface area contributed by atoms with Crippen molar-refractivity contribution in [2.24, 2.45) is 0 Å². The molecule has 0 aliphatic carbocycles. The highest BCUT2D eigenvalue weighted by Crippen LogP contribution is 2.27. The number of amides is 2. The van der Waals surface area contributed by atoms with Crippen LogP contribution >= 0.6 is 27.3 Å². The molecule has 0 saturated carbocycles. The smallest absolute Gasteiger partial charge is 0.323 e. The largest absolute Gasteiger partial charge is 0.368 e. The number of rotatable bonds is 3. The number of hydrogen-bond donors (Lipinski definition) is 1. The molecule has 3 aromatic rings. The summed E-state index contributed by atoms with van der Waals surface area (Å²) in [5, 5.41) is 5.41. The third kappa shape index (κ3) is 4.34. The third-order valence-corrected chi connectivity index (χ3v) is 5.85. The number of carbonyl (C=O) groups excluding carboxylic acids is 1. The van der Waals surface area contributed by atoms with Crippen LogP contribution in [-0.2, 0) is 0 Å². The summed E-state index contributed by atoms with van der Waals surface area (Å²) in [6, 6.07) is 14.2. The minimum atomic E-state index is -0.243. The van der Waals surface area contributed by atoms with Crippen LogP contribution in [0.5, 0.6) is 0 Å². The first-order chi connectivity index (χ1) is 13.6. The Bertz CT molecular complexity index is 970. The minimum Gasteiger partial charge on any atom is -0.368 e. The topological polar surface area (TPSA) is 48.5 Å². The molecule has 8 heteroatoms. The van der Waals surface area contributed by atoms with Crippen LogP contribution in [0.15, 0.2) is 58.4 Å². The van der Waals surface area contributed by atoms with Crippen molar-refractivity contribution in [2.45, 2.75) is 0 Å². The zero-order valence-corrected chi connectivity index (χ0v) is 17.3. The van der Waals surface area contributed by atoms with E-state index in [0.717, 1.165) is 21.4 Å². The van der Waals surface area contributed by atoms with E-state index in [1.165, 1.54) is 23.5 Å². The van der Waals surface area contributed by atoms with Gasteiger partial charge in [0, 0.05) is 47.3 Å². The molecule has 1 aliphatic rings. The van der Waals surface area contributed by atoms with Crippen molar-refractivity contribution in [2.75, 3.05) is 36.4 Å². The first-order valence-corrected chi connectivity index (χ1v) is 10.5. The van der Waals surface area contributed by atoms with Gasteiger partial charge in [0.15, 0.2) is 5.13 Å². The predicted molar refractivity (Wildman–Crippen MR) is 114 cm³/mol. The first kappa shape index (κ1) is 18.9. The van der Waals surface area contributed by atoms with Gasteiger partial charge in [0.05, 0.1) is 5.69 Å². The number of anilines is 2. The summed E-state index contributed by atoms with van der Waals surface area (Å²) in [4.78, 5) is 21.0. The van der Waals surface area contributed by atoms with Crippen LogP contribution in [0, 0.1) is 5.82 Å². The highest BCUT2D eigenvalue weighted by atomic mass is 79.9. The van der Waals surface area contributed by atoms with E-state index >= 15 is 0 Å². The standard InChI is InChI=1S/C20H18BrFN4OS/c21-15-3-1-2-14(12-15)18-13-28-19(23-18)24-20(27)26-10-8-25(9-11-26)17-6-4-16(22)5-7-17/h1-7,12-13H,8-11H2,(H,23,24,27). The van der Waals surface area contributed by atoms with Crippen molar-refractivity contribution in [3.8, 4) is 11.3 Å². The van der Waals surface area contributed by atoms with Gasteiger partial charge in [-0.2, -0.15) is 0 Å². The van der Waals surface area contributed by atoms with E-state index in [9.17, 15) is 9.18 Å². The normalized spacial score (nSPS) is 14.2. The Morgan fingerprint density at radius 3 is 2.57 bits per heavy atom. The van der Waals surface area contributed by atoms with Gasteiger partial charge in [-0.05, 0) is 36.4 Å². The summed E-state index contributed by atoms with van der Waals surface area (Å²) in [7, 11) is 0. The number of nitrogens with zero attached hydrogens (tertiary/aromatic N) is 3. The van der Waals surface area contributed by atoms with E-state index in [4.69, 9.17) is 0 Å². The molecular formula is C20H18BrFN4OS. The molecule has 1 aliphatic heterocycles. The van der Waals surface area contributed by atoms with E-state index in [2.05, 4.69) is 31.1 Å². The molecule has 2 heterocycles. The Morgan fingerprint density at radius 1 is 1.11 bits per heavy atom. The van der Waals surface area contributed by atoms with Crippen LogP contribution in [0.3, 0.4) is 0 Å². The lowest BCUT2D eigenvalue weighted by atomic mass is 10.2. The fraction of sp³-hybridized carbons (Fsp3) is 0.200. The zero-order chi connectivity index (χ0) is 19.5. The van der Waals surface area contributed by atoms with Crippen LogP contribution in [0.2, 0.25) is 0 Å². The Morgan fingerprint density at radius 2 is 1.86 bits per heavy atom. The predicted octanol–water partition coefficient (Wildman–Crippen LogP) is 5.07. The van der Waals surface area contributed by atoms with Crippen molar-refractivity contribution >= 4 is 44.1 Å². The molecule has 0 atom stereocenters. The Kier molecular flexibility index (Phi) is 5.59. The van der Waals surface area contributed by atoms with E-state index in [0.29, 0.717) is 31.3 Å². The second-order valence-electron chi connectivity index (χ2n) is 6.43. The molecule has 1 saturated heterocycles. The van der Waals surface area contributed by atoms with Crippen LogP contribution < -0.4 is 10.2 Å². The Labute approximate surface area is 174 Å². The summed E-state index contributed by atoms with van der Waals surface area (Å²) in [5.74, 6) is -0.243. The van der Waals surface area contributed by atoms with Crippen molar-refractivity contribution < 1.29 is 9.18 Å². The number of hydrogen-bond acceptors (Lipinski definition) is 4. The summed E-state index contributed by atoms with van der Waals surface area (Å²) in [5.41, 5.74) is 2.81. The molecule has 0 radical (unpaired) electrons. The highest BCUT2D eigenvalue weighted by Gasteiger charge is 2.22. The average molecular weight is 461 g/mol. The summed E-state index contributed by atoms with van der Waals surface area (Å²) in [6.07, 6.45) is 0. The molecule has 5 nitrogen and oxygen atoms in total. The quantitative estimate of drug-likeness (QED) is 0.593. The number of aromatic nitrogens is 1. The molecule has 2 amide bonds. The number of piperazine rings is 1. The van der Waals surface area contributed by atoms with E-state index in [1.54, 1.807) is 17.0 Å². The first-order valence-electron chi connectivity index (χ1n) is 8.86. The lowest BCUT2D eigenvalue weighted by molar-refractivity contribution is 0.208. The molecule has 1 aromatic heterocycles. The molecule has 1 N–H and O–H groups in total. The molecular weight excluding hydrogens is 443 g/mol. The van der Waals surface area contributed by atoms with Crippen molar-refractivity contribution in [1.82, 2.24) is 9.88 Å². The van der Waals surface area contributed by atoms with E-state index in [-0.39, 0.29) is 11.8 Å². The van der Waals surface area contributed by atoms with Gasteiger partial charge in [-0.1, -0.05) is 28.1 Å². The third-order valence-electron chi connectivity index (χ3n) is 4.60. The van der Waals surface area contributed by atoms with Crippen molar-refractivity contribution in [3.63, 3.8) is 0 Å². The average Bonchev–Trinajstić information content (AvgIpc) is 3.17. The van der Waals surface area contributed by atoms with Gasteiger partial charge in [-0.25, -0.2) is 14.2 Å². The summed E-state index contributed by atoms with van der Waals surface area (Å²) < 4.78 is 14.1. The fourth-order valence-corrected chi connectivity index (χ4v) is 4.21. The summed E-state index contributed by atoms with van der Waals surface area (Å²) >= 11 is 4.87. The molecule has 144 valence electrons. The van der Waals surface area contributed by atoms with Gasteiger partial charge < -0.3 is 9.80 Å². The van der Waals surface area contributed by atoms with E-state index < -0.39 is 0 Å². The highest BCUT2D eigenvalue weighted by molar-refractivity contribution is 9.10. The van der Waals surface area contributed by atoms with Crippen LogP contribution in [0.4, 0.5) is 20.0 Å². The number of carbonyl (C=O) groups is 1. The second-order valence-corrected chi connectivity index (χ2v) is 8.20. The minimum absolute atomic E-state index is 0.145. The molecule has 28 heavy (non-hydrogen) atoms. The van der Waals surface area contributed by atoms with Crippen molar-refractivity contribution in [3.05, 3.63) is 64.2 Å². The van der Waals surface area contributed by atoms with Gasteiger partial charge in [0.1, 0.15) is 5.82 Å². The number of halogens is 2. The maximum Gasteiger partial charge on any atom is 0.323 e. The SMILES string of the molecule is O=C(Nc1nc(-c2cccc(Br)c2)cs1)N1CCN(c2ccc(F)cc2)CC1. The van der Waals surface area contributed by atoms with Gasteiger partial charge in [-0.3, -0.25) is 5.32 Å². The number of nitrogens with one attached hydrogen (secondary N) is 1. The molecule has 0 spiro atoms. The van der Waals surface area contributed by atoms with Gasteiger partial charge in [0.2, 0.25) is 0 Å². The molecule has 1 fully saturated rings. The van der Waals surface area contributed by atoms with Crippen LogP contribution in [0.1, 0.15) is 0 Å². The van der Waals surface area contributed by atoms with Gasteiger partial charge in [0.25, 0.3) is 0 Å². The Balaban J connectivity index is 1.34.